The Bertz CT molecular complexity index is 828. The smallest absolute Gasteiger partial charge is 0.119 e. The summed E-state index contributed by atoms with van der Waals surface area (Å²) in [6.45, 7) is 0.102. The number of rotatable bonds is 6. The third-order valence-electron chi connectivity index (χ3n) is 6.31. The summed E-state index contributed by atoms with van der Waals surface area (Å²) < 4.78 is 5.76. The average Bonchev–Trinajstić information content (AvgIpc) is 3.34. The van der Waals surface area contributed by atoms with Crippen molar-refractivity contribution in [2.75, 3.05) is 6.61 Å². The highest BCUT2D eigenvalue weighted by atomic mass is 16.6. The van der Waals surface area contributed by atoms with Crippen LogP contribution in [0.5, 0.6) is 0 Å². The molecule has 0 bridgehead atoms. The Morgan fingerprint density at radius 3 is 1.68 bits per heavy atom. The predicted molar refractivity (Wildman–Crippen MR) is 110 cm³/mol. The summed E-state index contributed by atoms with van der Waals surface area (Å²) in [6.07, 6.45) is 1.94. The van der Waals surface area contributed by atoms with Crippen LogP contribution in [0.2, 0.25) is 0 Å². The molecule has 0 amide bonds. The van der Waals surface area contributed by atoms with E-state index in [0.29, 0.717) is 0 Å². The zero-order chi connectivity index (χ0) is 19.0. The van der Waals surface area contributed by atoms with E-state index in [1.165, 1.54) is 16.7 Å². The van der Waals surface area contributed by atoms with E-state index >= 15 is 0 Å². The molecule has 1 aliphatic heterocycles. The number of hydrogen-bond acceptors (Lipinski definition) is 3. The Kier molecular flexibility index (Phi) is 4.31. The largest absolute Gasteiger partial charge is 0.393 e. The number of fused-ring (bicyclic) bond motifs is 1. The molecule has 2 fully saturated rings. The van der Waals surface area contributed by atoms with Crippen molar-refractivity contribution in [3.63, 3.8) is 0 Å². The molecule has 2 aliphatic rings. The number of ether oxygens (including phenoxy) is 1. The zero-order valence-electron chi connectivity index (χ0n) is 15.8. The van der Waals surface area contributed by atoms with Crippen LogP contribution < -0.4 is 5.32 Å². The number of epoxide rings is 1. The second-order valence-electron chi connectivity index (χ2n) is 7.96. The predicted octanol–water partition coefficient (Wildman–Crippen LogP) is 3.86. The van der Waals surface area contributed by atoms with Crippen LogP contribution in [0.4, 0.5) is 0 Å². The molecule has 1 saturated carbocycles. The normalized spacial score (nSPS) is 26.0. The Morgan fingerprint density at radius 2 is 1.29 bits per heavy atom. The highest BCUT2D eigenvalue weighted by molar-refractivity contribution is 5.49. The maximum Gasteiger partial charge on any atom is 0.119 e. The lowest BCUT2D eigenvalue weighted by molar-refractivity contribution is 0.140. The van der Waals surface area contributed by atoms with Crippen molar-refractivity contribution in [2.24, 2.45) is 0 Å². The summed E-state index contributed by atoms with van der Waals surface area (Å²) in [6, 6.07) is 32.2. The Labute approximate surface area is 166 Å². The Balaban J connectivity index is 1.65. The van der Waals surface area contributed by atoms with Gasteiger partial charge in [0.1, 0.15) is 5.60 Å². The first-order chi connectivity index (χ1) is 13.8. The number of aliphatic hydroxyl groups is 1. The van der Waals surface area contributed by atoms with Crippen LogP contribution in [0.25, 0.3) is 0 Å². The molecule has 3 nitrogen and oxygen atoms in total. The molecule has 0 aromatic heterocycles. The van der Waals surface area contributed by atoms with Gasteiger partial charge in [0.05, 0.1) is 18.2 Å². The third-order valence-corrected chi connectivity index (χ3v) is 6.31. The summed E-state index contributed by atoms with van der Waals surface area (Å²) in [4.78, 5) is 0. The summed E-state index contributed by atoms with van der Waals surface area (Å²) in [5.41, 5.74) is 2.86. The lowest BCUT2D eigenvalue weighted by Crippen LogP contribution is -2.50. The fourth-order valence-electron chi connectivity index (χ4n) is 4.88. The number of aliphatic hydroxyl groups excluding tert-OH is 1. The monoisotopic (exact) mass is 371 g/mol. The molecule has 0 radical (unpaired) electrons. The molecule has 3 aromatic rings. The molecule has 2 unspecified atom stereocenters. The number of hydrogen-bond donors (Lipinski definition) is 2. The van der Waals surface area contributed by atoms with Gasteiger partial charge >= 0.3 is 0 Å². The SMILES string of the molecule is OC[C@@]12CC(NC(c3ccccc3)(c3ccccc3)c3ccccc3)CC1O2. The fourth-order valence-corrected chi connectivity index (χ4v) is 4.88. The Morgan fingerprint density at radius 1 is 0.821 bits per heavy atom. The highest BCUT2D eigenvalue weighted by Gasteiger charge is 2.63. The summed E-state index contributed by atoms with van der Waals surface area (Å²) in [7, 11) is 0. The van der Waals surface area contributed by atoms with Gasteiger partial charge in [-0.2, -0.15) is 0 Å². The molecule has 3 atom stereocenters. The van der Waals surface area contributed by atoms with Crippen molar-refractivity contribution in [3.05, 3.63) is 108 Å². The van der Waals surface area contributed by atoms with Crippen molar-refractivity contribution in [1.82, 2.24) is 5.32 Å². The minimum atomic E-state index is -0.456. The van der Waals surface area contributed by atoms with E-state index in [9.17, 15) is 5.11 Å². The first kappa shape index (κ1) is 17.6. The van der Waals surface area contributed by atoms with E-state index in [1.807, 2.05) is 0 Å². The van der Waals surface area contributed by atoms with E-state index in [4.69, 9.17) is 4.74 Å². The number of benzene rings is 3. The van der Waals surface area contributed by atoms with Crippen LogP contribution in [0, 0.1) is 0 Å². The van der Waals surface area contributed by atoms with E-state index in [-0.39, 0.29) is 24.4 Å². The zero-order valence-corrected chi connectivity index (χ0v) is 15.8. The van der Waals surface area contributed by atoms with Crippen LogP contribution in [0.15, 0.2) is 91.0 Å². The van der Waals surface area contributed by atoms with Gasteiger partial charge in [-0.25, -0.2) is 0 Å². The van der Waals surface area contributed by atoms with Gasteiger partial charge in [-0.3, -0.25) is 5.32 Å². The molecule has 0 spiro atoms. The van der Waals surface area contributed by atoms with Crippen molar-refractivity contribution < 1.29 is 9.84 Å². The van der Waals surface area contributed by atoms with Gasteiger partial charge in [-0.05, 0) is 29.5 Å². The molecule has 3 heteroatoms. The molecule has 28 heavy (non-hydrogen) atoms. The van der Waals surface area contributed by atoms with Gasteiger partial charge in [0.25, 0.3) is 0 Å². The van der Waals surface area contributed by atoms with Crippen LogP contribution in [-0.4, -0.2) is 29.5 Å². The molecule has 5 rings (SSSR count). The highest BCUT2D eigenvalue weighted by Crippen LogP contribution is 2.51. The standard InChI is InChI=1S/C25H25NO2/c27-18-24-17-22(16-23(24)28-24)26-25(19-10-4-1-5-11-19,20-12-6-2-7-13-20)21-14-8-3-9-15-21/h1-15,22-23,26-27H,16-18H2/t22?,23?,24-/m0/s1. The van der Waals surface area contributed by atoms with Crippen molar-refractivity contribution in [2.45, 2.75) is 36.1 Å². The van der Waals surface area contributed by atoms with Crippen LogP contribution in [0.1, 0.15) is 29.5 Å². The maximum atomic E-state index is 9.78. The van der Waals surface area contributed by atoms with E-state index in [2.05, 4.69) is 96.3 Å². The second kappa shape index (κ2) is 6.85. The lowest BCUT2D eigenvalue weighted by Gasteiger charge is -2.40. The average molecular weight is 371 g/mol. The Hall–Kier alpha value is -2.46. The van der Waals surface area contributed by atoms with Crippen molar-refractivity contribution in [3.8, 4) is 0 Å². The van der Waals surface area contributed by atoms with Gasteiger partial charge in [0.2, 0.25) is 0 Å². The van der Waals surface area contributed by atoms with Gasteiger partial charge in [-0.1, -0.05) is 91.0 Å². The summed E-state index contributed by atoms with van der Waals surface area (Å²) >= 11 is 0. The molecule has 1 heterocycles. The van der Waals surface area contributed by atoms with Crippen LogP contribution in [-0.2, 0) is 10.3 Å². The third kappa shape index (κ3) is 2.78. The minimum absolute atomic E-state index is 0.102. The quantitative estimate of drug-likeness (QED) is 0.511. The lowest BCUT2D eigenvalue weighted by atomic mass is 9.76. The fraction of sp³-hybridized carbons (Fsp3) is 0.280. The van der Waals surface area contributed by atoms with E-state index in [1.54, 1.807) is 0 Å². The van der Waals surface area contributed by atoms with Crippen LogP contribution >= 0.6 is 0 Å². The maximum absolute atomic E-state index is 9.78. The molecular formula is C25H25NO2. The second-order valence-corrected chi connectivity index (χ2v) is 7.96. The van der Waals surface area contributed by atoms with Gasteiger partial charge < -0.3 is 9.84 Å². The van der Waals surface area contributed by atoms with Gasteiger partial charge in [-0.15, -0.1) is 0 Å². The van der Waals surface area contributed by atoms with Crippen molar-refractivity contribution in [1.29, 1.82) is 0 Å². The van der Waals surface area contributed by atoms with E-state index < -0.39 is 5.54 Å². The van der Waals surface area contributed by atoms with Gasteiger partial charge in [0.15, 0.2) is 0 Å². The topological polar surface area (TPSA) is 44.8 Å². The molecule has 142 valence electrons. The minimum Gasteiger partial charge on any atom is -0.393 e. The van der Waals surface area contributed by atoms with Crippen LogP contribution in [0.3, 0.4) is 0 Å². The summed E-state index contributed by atoms with van der Waals surface area (Å²) in [5, 5.41) is 13.8. The molecule has 3 aromatic carbocycles. The number of nitrogens with one attached hydrogen (secondary N) is 1. The summed E-state index contributed by atoms with van der Waals surface area (Å²) in [5.74, 6) is 0. The van der Waals surface area contributed by atoms with E-state index in [0.717, 1.165) is 12.8 Å². The first-order valence-electron chi connectivity index (χ1n) is 10.00. The molecular weight excluding hydrogens is 346 g/mol. The molecule has 1 aliphatic carbocycles. The van der Waals surface area contributed by atoms with Gasteiger partial charge in [0, 0.05) is 6.04 Å². The van der Waals surface area contributed by atoms with Crippen molar-refractivity contribution >= 4 is 0 Å². The molecule has 1 saturated heterocycles. The first-order valence-corrected chi connectivity index (χ1v) is 10.00. The molecule has 2 N–H and O–H groups in total.